The summed E-state index contributed by atoms with van der Waals surface area (Å²) in [5.74, 6) is 1.55. The van der Waals surface area contributed by atoms with Gasteiger partial charge in [0.25, 0.3) is 0 Å². The number of nitrogens with one attached hydrogen (secondary N) is 2. The molecule has 0 aliphatic carbocycles. The maximum Gasteiger partial charge on any atom is 0.237 e. The molecular formula is C20H33ClN2O3. The second-order valence-corrected chi connectivity index (χ2v) is 6.70. The van der Waals surface area contributed by atoms with Gasteiger partial charge in [-0.1, -0.05) is 32.3 Å². The van der Waals surface area contributed by atoms with E-state index in [1.165, 1.54) is 12.8 Å². The van der Waals surface area contributed by atoms with Gasteiger partial charge in [0, 0.05) is 0 Å². The fourth-order valence-electron chi connectivity index (χ4n) is 3.08. The van der Waals surface area contributed by atoms with E-state index in [1.54, 1.807) is 7.11 Å². The van der Waals surface area contributed by atoms with Crippen LogP contribution in [0.1, 0.15) is 64.0 Å². The van der Waals surface area contributed by atoms with Gasteiger partial charge in [0.05, 0.1) is 25.8 Å². The number of amides is 1. The van der Waals surface area contributed by atoms with Crippen molar-refractivity contribution in [2.45, 2.75) is 64.5 Å². The van der Waals surface area contributed by atoms with E-state index in [1.807, 2.05) is 25.1 Å². The minimum Gasteiger partial charge on any atom is -0.493 e. The van der Waals surface area contributed by atoms with Gasteiger partial charge in [0.1, 0.15) is 0 Å². The molecule has 148 valence electrons. The second-order valence-electron chi connectivity index (χ2n) is 6.70. The predicted molar refractivity (Wildman–Crippen MR) is 107 cm³/mol. The van der Waals surface area contributed by atoms with Gasteiger partial charge in [0.15, 0.2) is 11.5 Å². The zero-order chi connectivity index (χ0) is 18.1. The van der Waals surface area contributed by atoms with Gasteiger partial charge in [-0.05, 0) is 50.4 Å². The first kappa shape index (κ1) is 22.6. The van der Waals surface area contributed by atoms with Crippen LogP contribution in [0, 0.1) is 0 Å². The van der Waals surface area contributed by atoms with Crippen molar-refractivity contribution in [3.05, 3.63) is 23.8 Å². The van der Waals surface area contributed by atoms with Crippen LogP contribution < -0.4 is 20.1 Å². The number of hydrogen-bond acceptors (Lipinski definition) is 4. The Bertz CT molecular complexity index is 548. The van der Waals surface area contributed by atoms with Crippen molar-refractivity contribution in [1.29, 1.82) is 0 Å². The molecule has 6 heteroatoms. The molecule has 0 spiro atoms. The summed E-state index contributed by atoms with van der Waals surface area (Å²) in [5.41, 5.74) is 1.02. The summed E-state index contributed by atoms with van der Waals surface area (Å²) < 4.78 is 11.3. The molecule has 1 saturated heterocycles. The number of carbonyl (C=O) groups excluding carboxylic acids is 1. The highest BCUT2D eigenvalue weighted by atomic mass is 35.5. The Morgan fingerprint density at radius 2 is 2.12 bits per heavy atom. The molecule has 0 radical (unpaired) electrons. The third kappa shape index (κ3) is 6.69. The molecule has 2 atom stereocenters. The first-order valence-corrected chi connectivity index (χ1v) is 9.50. The zero-order valence-corrected chi connectivity index (χ0v) is 17.0. The van der Waals surface area contributed by atoms with Gasteiger partial charge >= 0.3 is 0 Å². The first-order chi connectivity index (χ1) is 12.2. The Hall–Kier alpha value is -1.46. The van der Waals surface area contributed by atoms with Crippen LogP contribution in [-0.4, -0.2) is 32.2 Å². The Balaban J connectivity index is 0.00000338. The van der Waals surface area contributed by atoms with Gasteiger partial charge in [-0.25, -0.2) is 0 Å². The van der Waals surface area contributed by atoms with Crippen molar-refractivity contribution in [2.24, 2.45) is 0 Å². The quantitative estimate of drug-likeness (QED) is 0.631. The van der Waals surface area contributed by atoms with Gasteiger partial charge in [-0.2, -0.15) is 0 Å². The molecule has 1 aliphatic rings. The Morgan fingerprint density at radius 3 is 2.77 bits per heavy atom. The molecule has 1 aliphatic heterocycles. The van der Waals surface area contributed by atoms with E-state index in [2.05, 4.69) is 17.6 Å². The van der Waals surface area contributed by atoms with Crippen molar-refractivity contribution in [1.82, 2.24) is 10.6 Å². The SMILES string of the molecule is CCCCCOc1ccc(C(C)NC(=O)C2CCCCN2)cc1OC.Cl. The van der Waals surface area contributed by atoms with Crippen LogP contribution in [0.25, 0.3) is 0 Å². The lowest BCUT2D eigenvalue weighted by molar-refractivity contribution is -0.124. The van der Waals surface area contributed by atoms with Crippen LogP contribution in [0.2, 0.25) is 0 Å². The molecule has 0 saturated carbocycles. The molecule has 1 aromatic carbocycles. The summed E-state index contributed by atoms with van der Waals surface area (Å²) in [6, 6.07) is 5.74. The Labute approximate surface area is 163 Å². The molecule has 0 bridgehead atoms. The number of carbonyl (C=O) groups is 1. The summed E-state index contributed by atoms with van der Waals surface area (Å²) in [6.45, 7) is 5.79. The molecule has 26 heavy (non-hydrogen) atoms. The summed E-state index contributed by atoms with van der Waals surface area (Å²) in [6.07, 6.45) is 6.55. The minimum absolute atomic E-state index is 0. The molecule has 2 rings (SSSR count). The summed E-state index contributed by atoms with van der Waals surface area (Å²) in [4.78, 5) is 12.4. The number of hydrogen-bond donors (Lipinski definition) is 2. The first-order valence-electron chi connectivity index (χ1n) is 9.50. The molecule has 5 nitrogen and oxygen atoms in total. The van der Waals surface area contributed by atoms with Crippen LogP contribution >= 0.6 is 12.4 Å². The van der Waals surface area contributed by atoms with Crippen molar-refractivity contribution < 1.29 is 14.3 Å². The van der Waals surface area contributed by atoms with Gasteiger partial charge in [0.2, 0.25) is 5.91 Å². The summed E-state index contributed by atoms with van der Waals surface area (Å²) in [5, 5.41) is 6.38. The van der Waals surface area contributed by atoms with E-state index in [-0.39, 0.29) is 30.4 Å². The van der Waals surface area contributed by atoms with Crippen molar-refractivity contribution in [2.75, 3.05) is 20.3 Å². The smallest absolute Gasteiger partial charge is 0.237 e. The molecular weight excluding hydrogens is 352 g/mol. The lowest BCUT2D eigenvalue weighted by Crippen LogP contribution is -2.47. The van der Waals surface area contributed by atoms with Crippen LogP contribution in [0.4, 0.5) is 0 Å². The minimum atomic E-state index is -0.0701. The maximum absolute atomic E-state index is 12.4. The van der Waals surface area contributed by atoms with E-state index in [9.17, 15) is 4.79 Å². The van der Waals surface area contributed by atoms with E-state index < -0.39 is 0 Å². The van der Waals surface area contributed by atoms with Gasteiger partial charge in [-0.3, -0.25) is 4.79 Å². The average Bonchev–Trinajstić information content (AvgIpc) is 2.65. The molecule has 1 heterocycles. The van der Waals surface area contributed by atoms with E-state index in [0.29, 0.717) is 12.4 Å². The van der Waals surface area contributed by atoms with Crippen molar-refractivity contribution >= 4 is 18.3 Å². The molecule has 1 fully saturated rings. The molecule has 2 N–H and O–H groups in total. The maximum atomic E-state index is 12.4. The number of piperidine rings is 1. The monoisotopic (exact) mass is 384 g/mol. The Morgan fingerprint density at radius 1 is 1.31 bits per heavy atom. The Kier molecular flexibility index (Phi) is 10.4. The van der Waals surface area contributed by atoms with Crippen LogP contribution in [0.3, 0.4) is 0 Å². The van der Waals surface area contributed by atoms with Crippen LogP contribution in [-0.2, 0) is 4.79 Å². The lowest BCUT2D eigenvalue weighted by atomic mass is 10.0. The second kappa shape index (κ2) is 12.0. The standard InChI is InChI=1S/C20H32N2O3.ClH/c1-4-5-8-13-25-18-11-10-16(14-19(18)24-3)15(2)22-20(23)17-9-6-7-12-21-17;/h10-11,14-15,17,21H,4-9,12-13H2,1-3H3,(H,22,23);1H. The zero-order valence-electron chi connectivity index (χ0n) is 16.2. The third-order valence-corrected chi connectivity index (χ3v) is 4.68. The lowest BCUT2D eigenvalue weighted by Gasteiger charge is -2.25. The molecule has 1 amide bonds. The summed E-state index contributed by atoms with van der Waals surface area (Å²) >= 11 is 0. The summed E-state index contributed by atoms with van der Waals surface area (Å²) in [7, 11) is 1.65. The van der Waals surface area contributed by atoms with Gasteiger partial charge < -0.3 is 20.1 Å². The number of ether oxygens (including phenoxy) is 2. The fourth-order valence-corrected chi connectivity index (χ4v) is 3.08. The van der Waals surface area contributed by atoms with Crippen molar-refractivity contribution in [3.8, 4) is 11.5 Å². The number of halogens is 1. The predicted octanol–water partition coefficient (Wildman–Crippen LogP) is 4.01. The number of rotatable bonds is 9. The number of benzene rings is 1. The van der Waals surface area contributed by atoms with Gasteiger partial charge in [-0.15, -0.1) is 12.4 Å². The number of methoxy groups -OCH3 is 1. The highest BCUT2D eigenvalue weighted by Gasteiger charge is 2.22. The number of unbranched alkanes of at least 4 members (excludes halogenated alkanes) is 2. The topological polar surface area (TPSA) is 59.6 Å². The molecule has 1 aromatic rings. The van der Waals surface area contributed by atoms with Crippen LogP contribution in [0.15, 0.2) is 18.2 Å². The average molecular weight is 385 g/mol. The highest BCUT2D eigenvalue weighted by Crippen LogP contribution is 2.30. The van der Waals surface area contributed by atoms with E-state index in [4.69, 9.17) is 9.47 Å². The largest absolute Gasteiger partial charge is 0.493 e. The third-order valence-electron chi connectivity index (χ3n) is 4.68. The molecule has 2 unspecified atom stereocenters. The highest BCUT2D eigenvalue weighted by molar-refractivity contribution is 5.85. The molecule has 0 aromatic heterocycles. The van der Waals surface area contributed by atoms with Crippen molar-refractivity contribution in [3.63, 3.8) is 0 Å². The van der Waals surface area contributed by atoms with E-state index in [0.717, 1.165) is 43.5 Å². The fraction of sp³-hybridized carbons (Fsp3) is 0.650. The van der Waals surface area contributed by atoms with E-state index >= 15 is 0 Å². The normalized spacial score (nSPS) is 17.7. The van der Waals surface area contributed by atoms with Crippen LogP contribution in [0.5, 0.6) is 11.5 Å².